The molecule has 1 fully saturated rings. The Bertz CT molecular complexity index is 555. The second-order valence-corrected chi connectivity index (χ2v) is 6.40. The smallest absolute Gasteiger partial charge is 0.244 e. The molecule has 6 nitrogen and oxygen atoms in total. The van der Waals surface area contributed by atoms with E-state index in [-0.39, 0.29) is 23.1 Å². The third kappa shape index (κ3) is 3.37. The van der Waals surface area contributed by atoms with Crippen LogP contribution in [0.3, 0.4) is 0 Å². The van der Waals surface area contributed by atoms with E-state index in [9.17, 15) is 13.5 Å². The molecule has 1 unspecified atom stereocenters. The van der Waals surface area contributed by atoms with Gasteiger partial charge in [0, 0.05) is 18.3 Å². The Morgan fingerprint density at radius 3 is 2.79 bits per heavy atom. The molecule has 106 valence electrons. The van der Waals surface area contributed by atoms with Gasteiger partial charge in [-0.05, 0) is 30.9 Å². The average molecular weight is 286 g/mol. The third-order valence-corrected chi connectivity index (χ3v) is 4.59. The number of nitrogen functional groups attached to an aromatic ring is 1. The lowest BCUT2D eigenvalue weighted by atomic mass is 10.2. The molecule has 0 bridgehead atoms. The molecule has 19 heavy (non-hydrogen) atoms. The number of aliphatic hydroxyl groups excluding tert-OH is 1. The molecule has 4 N–H and O–H groups in total. The quantitative estimate of drug-likeness (QED) is 0.654. The van der Waals surface area contributed by atoms with Crippen molar-refractivity contribution in [3.63, 3.8) is 0 Å². The van der Waals surface area contributed by atoms with Gasteiger partial charge in [-0.15, -0.1) is 0 Å². The highest BCUT2D eigenvalue weighted by atomic mass is 32.2. The van der Waals surface area contributed by atoms with Gasteiger partial charge in [0.25, 0.3) is 0 Å². The number of hydrogen-bond donors (Lipinski definition) is 3. The minimum atomic E-state index is -3.71. The molecule has 0 aromatic heterocycles. The number of sulfonamides is 1. The summed E-state index contributed by atoms with van der Waals surface area (Å²) in [4.78, 5) is 0.0206. The molecule has 0 amide bonds. The van der Waals surface area contributed by atoms with Crippen molar-refractivity contribution < 1.29 is 18.3 Å². The lowest BCUT2D eigenvalue weighted by molar-refractivity contribution is 0.155. The number of nitrogens with one attached hydrogen (secondary N) is 1. The monoisotopic (exact) mass is 286 g/mol. The average Bonchev–Trinajstić information content (AvgIpc) is 3.19. The third-order valence-electron chi connectivity index (χ3n) is 3.13. The molecule has 2 rings (SSSR count). The van der Waals surface area contributed by atoms with Crippen LogP contribution >= 0.6 is 0 Å². The van der Waals surface area contributed by atoms with E-state index < -0.39 is 16.1 Å². The lowest BCUT2D eigenvalue weighted by Gasteiger charge is -2.13. The van der Waals surface area contributed by atoms with E-state index in [0.717, 1.165) is 12.8 Å². The van der Waals surface area contributed by atoms with Crippen molar-refractivity contribution in [2.75, 3.05) is 19.4 Å². The van der Waals surface area contributed by atoms with E-state index in [1.807, 2.05) is 0 Å². The highest BCUT2D eigenvalue weighted by Gasteiger charge is 2.31. The number of anilines is 1. The first-order valence-electron chi connectivity index (χ1n) is 6.05. The standard InChI is InChI=1S/C12H18N2O4S/c1-18-11-6-9(13)4-5-12(11)19(16,17)14-7-10(15)8-2-3-8/h4-6,8,10,14-15H,2-3,7,13H2,1H3. The van der Waals surface area contributed by atoms with Crippen molar-refractivity contribution in [1.82, 2.24) is 4.72 Å². The summed E-state index contributed by atoms with van der Waals surface area (Å²) in [7, 11) is -2.33. The molecule has 1 aliphatic rings. The molecule has 1 aromatic rings. The normalized spacial score (nSPS) is 17.2. The molecular formula is C12H18N2O4S. The largest absolute Gasteiger partial charge is 0.495 e. The summed E-state index contributed by atoms with van der Waals surface area (Å²) < 4.78 is 31.7. The van der Waals surface area contributed by atoms with Crippen LogP contribution in [0.5, 0.6) is 5.75 Å². The highest BCUT2D eigenvalue weighted by molar-refractivity contribution is 7.89. The maximum atomic E-state index is 12.1. The predicted molar refractivity (Wildman–Crippen MR) is 71.3 cm³/mol. The second-order valence-electron chi connectivity index (χ2n) is 4.67. The van der Waals surface area contributed by atoms with Gasteiger partial charge in [0.05, 0.1) is 13.2 Å². The maximum Gasteiger partial charge on any atom is 0.244 e. The first kappa shape index (κ1) is 14.1. The summed E-state index contributed by atoms with van der Waals surface area (Å²) in [6.45, 7) is 0.0144. The molecule has 0 saturated heterocycles. The molecule has 0 aliphatic heterocycles. The van der Waals surface area contributed by atoms with Crippen LogP contribution in [0.2, 0.25) is 0 Å². The van der Waals surface area contributed by atoms with Crippen molar-refractivity contribution in [3.05, 3.63) is 18.2 Å². The maximum absolute atomic E-state index is 12.1. The lowest BCUT2D eigenvalue weighted by Crippen LogP contribution is -2.33. The van der Waals surface area contributed by atoms with Gasteiger partial charge in [0.15, 0.2) is 0 Å². The van der Waals surface area contributed by atoms with E-state index in [2.05, 4.69) is 4.72 Å². The number of benzene rings is 1. The zero-order chi connectivity index (χ0) is 14.0. The first-order valence-corrected chi connectivity index (χ1v) is 7.53. The number of methoxy groups -OCH3 is 1. The topological polar surface area (TPSA) is 102 Å². The van der Waals surface area contributed by atoms with Crippen LogP contribution in [0.25, 0.3) is 0 Å². The number of nitrogens with two attached hydrogens (primary N) is 1. The SMILES string of the molecule is COc1cc(N)ccc1S(=O)(=O)NCC(O)C1CC1. The number of ether oxygens (including phenoxy) is 1. The van der Waals surface area contributed by atoms with Gasteiger partial charge in [-0.1, -0.05) is 0 Å². The van der Waals surface area contributed by atoms with Crippen molar-refractivity contribution in [2.45, 2.75) is 23.8 Å². The molecule has 1 atom stereocenters. The van der Waals surface area contributed by atoms with Gasteiger partial charge in [0.2, 0.25) is 10.0 Å². The Kier molecular flexibility index (Phi) is 3.98. The van der Waals surface area contributed by atoms with Crippen LogP contribution in [0.4, 0.5) is 5.69 Å². The van der Waals surface area contributed by atoms with Crippen LogP contribution in [0.1, 0.15) is 12.8 Å². The summed E-state index contributed by atoms with van der Waals surface area (Å²) in [5, 5.41) is 9.69. The summed E-state index contributed by atoms with van der Waals surface area (Å²) in [6.07, 6.45) is 1.27. The molecule has 0 radical (unpaired) electrons. The minimum Gasteiger partial charge on any atom is -0.495 e. The fourth-order valence-corrected chi connectivity index (χ4v) is 3.03. The van der Waals surface area contributed by atoms with Crippen LogP contribution in [0, 0.1) is 5.92 Å². The van der Waals surface area contributed by atoms with Gasteiger partial charge < -0.3 is 15.6 Å². The van der Waals surface area contributed by atoms with Crippen LogP contribution < -0.4 is 15.2 Å². The van der Waals surface area contributed by atoms with Gasteiger partial charge in [0.1, 0.15) is 10.6 Å². The summed E-state index contributed by atoms with van der Waals surface area (Å²) in [5.41, 5.74) is 6.01. The zero-order valence-corrected chi connectivity index (χ0v) is 11.5. The highest BCUT2D eigenvalue weighted by Crippen LogP contribution is 2.32. The summed E-state index contributed by atoms with van der Waals surface area (Å²) in [6, 6.07) is 4.33. The molecule has 0 heterocycles. The zero-order valence-electron chi connectivity index (χ0n) is 10.7. The number of hydrogen-bond acceptors (Lipinski definition) is 5. The Morgan fingerprint density at radius 1 is 1.53 bits per heavy atom. The Balaban J connectivity index is 2.14. The van der Waals surface area contributed by atoms with Gasteiger partial charge in [-0.25, -0.2) is 13.1 Å². The second kappa shape index (κ2) is 5.36. The van der Waals surface area contributed by atoms with E-state index in [4.69, 9.17) is 10.5 Å². The number of rotatable bonds is 6. The molecule has 1 aromatic carbocycles. The van der Waals surface area contributed by atoms with Gasteiger partial charge in [-0.3, -0.25) is 0 Å². The van der Waals surface area contributed by atoms with Gasteiger partial charge >= 0.3 is 0 Å². The Morgan fingerprint density at radius 2 is 2.21 bits per heavy atom. The molecule has 1 aliphatic carbocycles. The molecule has 0 spiro atoms. The van der Waals surface area contributed by atoms with Crippen molar-refractivity contribution in [3.8, 4) is 5.75 Å². The van der Waals surface area contributed by atoms with Crippen molar-refractivity contribution in [1.29, 1.82) is 0 Å². The number of aliphatic hydroxyl groups is 1. The van der Waals surface area contributed by atoms with Crippen LogP contribution in [0.15, 0.2) is 23.1 Å². The molecule has 7 heteroatoms. The van der Waals surface area contributed by atoms with E-state index in [1.54, 1.807) is 0 Å². The van der Waals surface area contributed by atoms with Crippen molar-refractivity contribution >= 4 is 15.7 Å². The van der Waals surface area contributed by atoms with E-state index in [1.165, 1.54) is 25.3 Å². The molecule has 1 saturated carbocycles. The van der Waals surface area contributed by atoms with Crippen LogP contribution in [-0.2, 0) is 10.0 Å². The molecular weight excluding hydrogens is 268 g/mol. The van der Waals surface area contributed by atoms with Crippen molar-refractivity contribution in [2.24, 2.45) is 5.92 Å². The van der Waals surface area contributed by atoms with E-state index >= 15 is 0 Å². The first-order chi connectivity index (χ1) is 8.94. The predicted octanol–water partition coefficient (Wildman–Crippen LogP) is 0.327. The fourth-order valence-electron chi connectivity index (χ4n) is 1.83. The fraction of sp³-hybridized carbons (Fsp3) is 0.500. The summed E-state index contributed by atoms with van der Waals surface area (Å²) >= 11 is 0. The Hall–Kier alpha value is -1.31. The minimum absolute atomic E-state index is 0.0144. The van der Waals surface area contributed by atoms with Gasteiger partial charge in [-0.2, -0.15) is 0 Å². The van der Waals surface area contributed by atoms with Crippen LogP contribution in [-0.4, -0.2) is 33.3 Å². The van der Waals surface area contributed by atoms with E-state index in [0.29, 0.717) is 5.69 Å². The Labute approximate surface area is 112 Å². The summed E-state index contributed by atoms with van der Waals surface area (Å²) in [5.74, 6) is 0.407.